The van der Waals surface area contributed by atoms with Gasteiger partial charge in [0.25, 0.3) is 0 Å². The smallest absolute Gasteiger partial charge is 0.138 e. The first-order chi connectivity index (χ1) is 4.97. The van der Waals surface area contributed by atoms with Gasteiger partial charge in [0, 0.05) is 6.07 Å². The molecule has 1 heterocycles. The van der Waals surface area contributed by atoms with Crippen molar-refractivity contribution >= 4 is 0 Å². The lowest BCUT2D eigenvalue weighted by atomic mass is 10.1. The minimum Gasteiger partial charge on any atom is -0.464 e. The van der Waals surface area contributed by atoms with Gasteiger partial charge in [-0.25, -0.2) is 0 Å². The molecule has 0 aliphatic carbocycles. The van der Waals surface area contributed by atoms with E-state index in [4.69, 9.17) is 4.74 Å². The molecule has 48 valence electrons. The van der Waals surface area contributed by atoms with Gasteiger partial charge in [0.2, 0.25) is 0 Å². The van der Waals surface area contributed by atoms with Crippen molar-refractivity contribution in [3.8, 4) is 5.75 Å². The molecular formula is C9H6O. The zero-order valence-corrected chi connectivity index (χ0v) is 5.42. The maximum Gasteiger partial charge on any atom is 0.138 e. The lowest BCUT2D eigenvalue weighted by molar-refractivity contribution is 0.463. The molecule has 0 fully saturated rings. The monoisotopic (exact) mass is 130 g/mol. The van der Waals surface area contributed by atoms with E-state index in [-0.39, 0.29) is 0 Å². The minimum absolute atomic E-state index is 0.810. The summed E-state index contributed by atoms with van der Waals surface area (Å²) < 4.78 is 5.16. The molecule has 0 aromatic heterocycles. The fraction of sp³-hybridized carbons (Fsp3) is 0.111. The summed E-state index contributed by atoms with van der Waals surface area (Å²) in [5, 5.41) is 0. The van der Waals surface area contributed by atoms with Gasteiger partial charge in [-0.05, 0) is 24.1 Å². The molecule has 1 nitrogen and oxygen atoms in total. The summed E-state index contributed by atoms with van der Waals surface area (Å²) >= 11 is 0. The van der Waals surface area contributed by atoms with E-state index in [1.165, 1.54) is 5.56 Å². The first-order valence-electron chi connectivity index (χ1n) is 3.20. The Morgan fingerprint density at radius 2 is 2.50 bits per heavy atom. The predicted octanol–water partition coefficient (Wildman–Crippen LogP) is 1.74. The maximum atomic E-state index is 5.16. The molecule has 2 radical (unpaired) electrons. The van der Waals surface area contributed by atoms with Crippen molar-refractivity contribution in [1.29, 1.82) is 0 Å². The van der Waals surface area contributed by atoms with Crippen molar-refractivity contribution in [1.82, 2.24) is 0 Å². The largest absolute Gasteiger partial charge is 0.464 e. The number of allylic oxidation sites excluding steroid dienone is 1. The fourth-order valence-electron chi connectivity index (χ4n) is 0.963. The molecular weight excluding hydrogens is 124 g/mol. The summed E-state index contributed by atoms with van der Waals surface area (Å²) in [6, 6.07) is 9.57. The summed E-state index contributed by atoms with van der Waals surface area (Å²) in [6.45, 7) is 0. The highest BCUT2D eigenvalue weighted by atomic mass is 16.5. The lowest BCUT2D eigenvalue weighted by Crippen LogP contribution is -1.94. The Bertz CT molecular complexity index is 236. The van der Waals surface area contributed by atoms with Gasteiger partial charge in [0.15, 0.2) is 0 Å². The molecule has 0 amide bonds. The van der Waals surface area contributed by atoms with Gasteiger partial charge < -0.3 is 4.74 Å². The normalized spacial score (nSPS) is 14.0. The third kappa shape index (κ3) is 0.798. The molecule has 0 saturated carbocycles. The van der Waals surface area contributed by atoms with Gasteiger partial charge >= 0.3 is 0 Å². The molecule has 1 aromatic carbocycles. The van der Waals surface area contributed by atoms with Crippen molar-refractivity contribution in [2.45, 2.75) is 6.42 Å². The van der Waals surface area contributed by atoms with E-state index in [1.807, 2.05) is 18.2 Å². The first kappa shape index (κ1) is 5.54. The molecule has 0 atom stereocenters. The molecule has 0 N–H and O–H groups in total. The number of hydrogen-bond donors (Lipinski definition) is 0. The zero-order valence-electron chi connectivity index (χ0n) is 5.42. The standard InChI is InChI=1S/C9H6O/c1-2-6-9-8(4-1)5-3-7-10-9/h1,3-4,7H,5H2. The molecule has 0 bridgehead atoms. The number of rotatable bonds is 0. The Morgan fingerprint density at radius 3 is 3.40 bits per heavy atom. The van der Waals surface area contributed by atoms with Crippen molar-refractivity contribution in [3.05, 3.63) is 42.2 Å². The second kappa shape index (κ2) is 2.18. The van der Waals surface area contributed by atoms with Gasteiger partial charge in [-0.15, -0.1) is 0 Å². The van der Waals surface area contributed by atoms with Crippen LogP contribution in [0.2, 0.25) is 0 Å². The van der Waals surface area contributed by atoms with Gasteiger partial charge in [-0.2, -0.15) is 0 Å². The highest BCUT2D eigenvalue weighted by molar-refractivity contribution is 5.35. The summed E-state index contributed by atoms with van der Waals surface area (Å²) in [7, 11) is 0. The number of ether oxygens (including phenoxy) is 1. The maximum absolute atomic E-state index is 5.16. The van der Waals surface area contributed by atoms with E-state index in [0.29, 0.717) is 0 Å². The van der Waals surface area contributed by atoms with Crippen LogP contribution in [0.4, 0.5) is 0 Å². The van der Waals surface area contributed by atoms with E-state index in [1.54, 1.807) is 6.26 Å². The van der Waals surface area contributed by atoms with Crippen LogP contribution in [0.3, 0.4) is 0 Å². The van der Waals surface area contributed by atoms with Crippen LogP contribution in [-0.4, -0.2) is 0 Å². The van der Waals surface area contributed by atoms with Crippen molar-refractivity contribution < 1.29 is 4.74 Å². The van der Waals surface area contributed by atoms with Crippen LogP contribution in [0.15, 0.2) is 24.5 Å². The molecule has 2 rings (SSSR count). The molecule has 1 heteroatoms. The SMILES string of the molecule is [c]1[c]c2c(cc1)CC=CO2. The van der Waals surface area contributed by atoms with Crippen LogP contribution in [0.25, 0.3) is 0 Å². The van der Waals surface area contributed by atoms with E-state index in [0.717, 1.165) is 12.2 Å². The number of benzene rings is 1. The van der Waals surface area contributed by atoms with Crippen LogP contribution in [0.1, 0.15) is 5.56 Å². The Morgan fingerprint density at radius 1 is 1.50 bits per heavy atom. The van der Waals surface area contributed by atoms with Gasteiger partial charge in [-0.1, -0.05) is 12.1 Å². The van der Waals surface area contributed by atoms with Crippen LogP contribution < -0.4 is 4.74 Å². The van der Waals surface area contributed by atoms with Crippen LogP contribution in [0, 0.1) is 12.1 Å². The quantitative estimate of drug-likeness (QED) is 0.519. The average Bonchev–Trinajstić information content (AvgIpc) is 2.05. The number of hydrogen-bond acceptors (Lipinski definition) is 1. The second-order valence-corrected chi connectivity index (χ2v) is 2.15. The average molecular weight is 130 g/mol. The topological polar surface area (TPSA) is 9.23 Å². The first-order valence-corrected chi connectivity index (χ1v) is 3.20. The highest BCUT2D eigenvalue weighted by Gasteiger charge is 2.03. The Kier molecular flexibility index (Phi) is 1.21. The molecule has 1 aliphatic rings. The lowest BCUT2D eigenvalue weighted by Gasteiger charge is -2.08. The van der Waals surface area contributed by atoms with Crippen LogP contribution in [-0.2, 0) is 6.42 Å². The van der Waals surface area contributed by atoms with E-state index in [2.05, 4.69) is 12.1 Å². The summed E-state index contributed by atoms with van der Waals surface area (Å²) in [6.07, 6.45) is 4.61. The molecule has 0 unspecified atom stereocenters. The van der Waals surface area contributed by atoms with E-state index < -0.39 is 0 Å². The summed E-state index contributed by atoms with van der Waals surface area (Å²) in [5.74, 6) is 0.810. The Balaban J connectivity index is 2.47. The van der Waals surface area contributed by atoms with Crippen molar-refractivity contribution in [3.63, 3.8) is 0 Å². The Hall–Kier alpha value is -1.24. The second-order valence-electron chi connectivity index (χ2n) is 2.15. The molecule has 0 saturated heterocycles. The van der Waals surface area contributed by atoms with Gasteiger partial charge in [0.05, 0.1) is 6.26 Å². The third-order valence-corrected chi connectivity index (χ3v) is 1.47. The highest BCUT2D eigenvalue weighted by Crippen LogP contribution is 2.20. The predicted molar refractivity (Wildman–Crippen MR) is 37.6 cm³/mol. The molecule has 1 aromatic rings. The molecule has 10 heavy (non-hydrogen) atoms. The summed E-state index contributed by atoms with van der Waals surface area (Å²) in [5.41, 5.74) is 1.18. The fourth-order valence-corrected chi connectivity index (χ4v) is 0.963. The minimum atomic E-state index is 0.810. The Labute approximate surface area is 59.9 Å². The van der Waals surface area contributed by atoms with Crippen LogP contribution in [0.5, 0.6) is 5.75 Å². The van der Waals surface area contributed by atoms with Crippen molar-refractivity contribution in [2.24, 2.45) is 0 Å². The molecule has 0 spiro atoms. The van der Waals surface area contributed by atoms with Crippen molar-refractivity contribution in [2.75, 3.05) is 0 Å². The third-order valence-electron chi connectivity index (χ3n) is 1.47. The molecule has 1 aliphatic heterocycles. The van der Waals surface area contributed by atoms with Gasteiger partial charge in [0.1, 0.15) is 5.75 Å². The van der Waals surface area contributed by atoms with E-state index >= 15 is 0 Å². The van der Waals surface area contributed by atoms with Gasteiger partial charge in [-0.3, -0.25) is 0 Å². The summed E-state index contributed by atoms with van der Waals surface area (Å²) in [4.78, 5) is 0. The van der Waals surface area contributed by atoms with E-state index in [9.17, 15) is 0 Å². The number of fused-ring (bicyclic) bond motifs is 1. The zero-order chi connectivity index (χ0) is 6.81. The van der Waals surface area contributed by atoms with Crippen LogP contribution >= 0.6 is 0 Å².